The van der Waals surface area contributed by atoms with Crippen LogP contribution in [0.2, 0.25) is 0 Å². The van der Waals surface area contributed by atoms with Gasteiger partial charge in [-0.05, 0) is 31.2 Å². The molecule has 0 aliphatic carbocycles. The molecule has 0 amide bonds. The van der Waals surface area contributed by atoms with Crippen LogP contribution in [0, 0.1) is 6.92 Å². The topological polar surface area (TPSA) is 59.3 Å². The van der Waals surface area contributed by atoms with Crippen molar-refractivity contribution in [3.05, 3.63) is 60.4 Å². The van der Waals surface area contributed by atoms with E-state index in [-0.39, 0.29) is 5.78 Å². The van der Waals surface area contributed by atoms with Crippen LogP contribution in [0.3, 0.4) is 0 Å². The minimum absolute atomic E-state index is 0.136. The Balaban J connectivity index is 1.97. The minimum Gasteiger partial charge on any atom is -0.291 e. The van der Waals surface area contributed by atoms with E-state index in [2.05, 4.69) is 15.5 Å². The predicted molar refractivity (Wildman–Crippen MR) is 88.0 cm³/mol. The van der Waals surface area contributed by atoms with Crippen LogP contribution in [0.4, 0.5) is 5.69 Å². The molecule has 0 atom stereocenters. The molecule has 0 unspecified atom stereocenters. The number of Topliss-reactive ketones (excluding diaryl/α,β-unsaturated/α-hetero) is 1. The fourth-order valence-corrected chi connectivity index (χ4v) is 2.18. The molecular weight excluding hydrogens is 276 g/mol. The number of nitrogens with one attached hydrogen (secondary N) is 1. The first-order valence-electron chi connectivity index (χ1n) is 6.99. The van der Waals surface area contributed by atoms with Crippen molar-refractivity contribution in [3.8, 4) is 0 Å². The number of ketones is 1. The van der Waals surface area contributed by atoms with Gasteiger partial charge in [-0.1, -0.05) is 29.8 Å². The summed E-state index contributed by atoms with van der Waals surface area (Å²) in [5, 5.41) is 4.26. The molecule has 0 aliphatic rings. The number of hydrazone groups is 1. The number of hydrogen-bond donors (Lipinski definition) is 1. The van der Waals surface area contributed by atoms with Gasteiger partial charge >= 0.3 is 0 Å². The number of carbonyl (C=O) groups is 1. The second-order valence-electron chi connectivity index (χ2n) is 5.07. The molecule has 3 aromatic rings. The van der Waals surface area contributed by atoms with Crippen molar-refractivity contribution in [3.63, 3.8) is 0 Å². The van der Waals surface area contributed by atoms with E-state index in [1.54, 1.807) is 10.9 Å². The zero-order chi connectivity index (χ0) is 15.5. The van der Waals surface area contributed by atoms with Gasteiger partial charge < -0.3 is 0 Å². The average molecular weight is 292 g/mol. The van der Waals surface area contributed by atoms with E-state index in [0.29, 0.717) is 5.84 Å². The van der Waals surface area contributed by atoms with Crippen LogP contribution in [-0.4, -0.2) is 21.2 Å². The number of fused-ring (bicyclic) bond motifs is 1. The second kappa shape index (κ2) is 5.81. The number of para-hydroxylation sites is 2. The monoisotopic (exact) mass is 292 g/mol. The molecule has 0 spiro atoms. The third kappa shape index (κ3) is 2.74. The highest BCUT2D eigenvalue weighted by Crippen LogP contribution is 2.13. The first-order chi connectivity index (χ1) is 10.6. The van der Waals surface area contributed by atoms with Crippen molar-refractivity contribution in [1.29, 1.82) is 0 Å². The van der Waals surface area contributed by atoms with Crippen LogP contribution in [0.5, 0.6) is 0 Å². The summed E-state index contributed by atoms with van der Waals surface area (Å²) in [6.45, 7) is 3.51. The maximum atomic E-state index is 11.9. The Bertz CT molecular complexity index is 846. The zero-order valence-electron chi connectivity index (χ0n) is 12.4. The van der Waals surface area contributed by atoms with Gasteiger partial charge in [-0.25, -0.2) is 4.98 Å². The summed E-state index contributed by atoms with van der Waals surface area (Å²) in [5.41, 5.74) is 6.60. The van der Waals surface area contributed by atoms with E-state index in [9.17, 15) is 4.79 Å². The van der Waals surface area contributed by atoms with E-state index in [4.69, 9.17) is 0 Å². The predicted octanol–water partition coefficient (Wildman–Crippen LogP) is 3.21. The summed E-state index contributed by atoms with van der Waals surface area (Å²) in [6.07, 6.45) is 1.61. The van der Waals surface area contributed by atoms with Gasteiger partial charge in [0.1, 0.15) is 6.33 Å². The van der Waals surface area contributed by atoms with E-state index in [0.717, 1.165) is 16.7 Å². The average Bonchev–Trinajstić information content (AvgIpc) is 2.93. The van der Waals surface area contributed by atoms with Crippen molar-refractivity contribution in [2.45, 2.75) is 13.8 Å². The van der Waals surface area contributed by atoms with Crippen LogP contribution in [-0.2, 0) is 4.79 Å². The summed E-state index contributed by atoms with van der Waals surface area (Å²) in [7, 11) is 0. The molecule has 2 aromatic carbocycles. The summed E-state index contributed by atoms with van der Waals surface area (Å²) in [6, 6.07) is 15.4. The van der Waals surface area contributed by atoms with Gasteiger partial charge in [0.2, 0.25) is 5.84 Å². The molecule has 1 aromatic heterocycles. The van der Waals surface area contributed by atoms with E-state index in [1.807, 2.05) is 55.5 Å². The molecule has 0 fully saturated rings. The Morgan fingerprint density at radius 2 is 1.86 bits per heavy atom. The lowest BCUT2D eigenvalue weighted by molar-refractivity contribution is -0.111. The number of benzene rings is 2. The Morgan fingerprint density at radius 3 is 2.59 bits per heavy atom. The molecule has 0 saturated carbocycles. The van der Waals surface area contributed by atoms with Gasteiger partial charge in [0, 0.05) is 6.92 Å². The Labute approximate surface area is 128 Å². The van der Waals surface area contributed by atoms with Crippen LogP contribution in [0.1, 0.15) is 12.5 Å². The lowest BCUT2D eigenvalue weighted by Gasteiger charge is -2.07. The molecule has 22 heavy (non-hydrogen) atoms. The number of rotatable bonds is 3. The molecule has 5 nitrogen and oxygen atoms in total. The normalized spacial score (nSPS) is 11.6. The lowest BCUT2D eigenvalue weighted by Crippen LogP contribution is -2.21. The van der Waals surface area contributed by atoms with Crippen molar-refractivity contribution in [1.82, 2.24) is 9.55 Å². The number of aromatic nitrogens is 2. The first-order valence-corrected chi connectivity index (χ1v) is 6.99. The highest BCUT2D eigenvalue weighted by atomic mass is 16.1. The summed E-state index contributed by atoms with van der Waals surface area (Å²) >= 11 is 0. The van der Waals surface area contributed by atoms with Crippen molar-refractivity contribution in [2.24, 2.45) is 5.10 Å². The third-order valence-electron chi connectivity index (χ3n) is 3.34. The molecule has 5 heteroatoms. The van der Waals surface area contributed by atoms with E-state index >= 15 is 0 Å². The third-order valence-corrected chi connectivity index (χ3v) is 3.34. The van der Waals surface area contributed by atoms with Crippen molar-refractivity contribution in [2.75, 3.05) is 5.43 Å². The SMILES string of the molecule is CC(=O)/C(=N/Nc1ccc(C)cc1)n1cnc2ccccc21. The maximum Gasteiger partial charge on any atom is 0.201 e. The van der Waals surface area contributed by atoms with Crippen LogP contribution < -0.4 is 5.43 Å². The molecule has 0 saturated heterocycles. The molecule has 110 valence electrons. The zero-order valence-corrected chi connectivity index (χ0v) is 12.4. The molecule has 0 bridgehead atoms. The van der Waals surface area contributed by atoms with Gasteiger partial charge in [0.15, 0.2) is 5.78 Å². The van der Waals surface area contributed by atoms with Gasteiger partial charge in [-0.3, -0.25) is 14.8 Å². The quantitative estimate of drug-likeness (QED) is 0.458. The summed E-state index contributed by atoms with van der Waals surface area (Å²) < 4.78 is 1.69. The lowest BCUT2D eigenvalue weighted by atomic mass is 10.2. The smallest absolute Gasteiger partial charge is 0.201 e. The molecule has 1 N–H and O–H groups in total. The number of carbonyl (C=O) groups excluding carboxylic acids is 1. The molecule has 0 radical (unpaired) electrons. The van der Waals surface area contributed by atoms with Gasteiger partial charge in [0.25, 0.3) is 0 Å². The highest BCUT2D eigenvalue weighted by Gasteiger charge is 2.12. The summed E-state index contributed by atoms with van der Waals surface area (Å²) in [4.78, 5) is 16.2. The number of anilines is 1. The fourth-order valence-electron chi connectivity index (χ4n) is 2.18. The standard InChI is InChI=1S/C17H16N4O/c1-12-7-9-14(10-8-12)19-20-17(13(2)22)21-11-18-15-5-3-4-6-16(15)21/h3-11,19H,1-2H3/b20-17-. The minimum atomic E-state index is -0.136. The Hall–Kier alpha value is -2.95. The Kier molecular flexibility index (Phi) is 3.70. The Morgan fingerprint density at radius 1 is 1.14 bits per heavy atom. The maximum absolute atomic E-state index is 11.9. The number of aryl methyl sites for hydroxylation is 1. The second-order valence-corrected chi connectivity index (χ2v) is 5.07. The van der Waals surface area contributed by atoms with Crippen molar-refractivity contribution >= 4 is 28.3 Å². The van der Waals surface area contributed by atoms with Crippen LogP contribution >= 0.6 is 0 Å². The summed E-state index contributed by atoms with van der Waals surface area (Å²) in [5.74, 6) is 0.164. The van der Waals surface area contributed by atoms with Crippen LogP contribution in [0.15, 0.2) is 60.0 Å². The van der Waals surface area contributed by atoms with Gasteiger partial charge in [0.05, 0.1) is 16.7 Å². The molecule has 1 heterocycles. The molecule has 0 aliphatic heterocycles. The van der Waals surface area contributed by atoms with Gasteiger partial charge in [-0.2, -0.15) is 5.10 Å². The fraction of sp³-hybridized carbons (Fsp3) is 0.118. The first kappa shape index (κ1) is 14.0. The number of imidazole rings is 1. The van der Waals surface area contributed by atoms with Gasteiger partial charge in [-0.15, -0.1) is 0 Å². The van der Waals surface area contributed by atoms with Crippen molar-refractivity contribution < 1.29 is 4.79 Å². The van der Waals surface area contributed by atoms with Crippen LogP contribution in [0.25, 0.3) is 11.0 Å². The van der Waals surface area contributed by atoms with E-state index < -0.39 is 0 Å². The number of hydrogen-bond acceptors (Lipinski definition) is 4. The molecule has 3 rings (SSSR count). The van der Waals surface area contributed by atoms with E-state index in [1.165, 1.54) is 12.5 Å². The largest absolute Gasteiger partial charge is 0.291 e. The number of nitrogens with zero attached hydrogens (tertiary/aromatic N) is 3. The highest BCUT2D eigenvalue weighted by molar-refractivity contribution is 6.39. The molecular formula is C17H16N4O.